The molecule has 5 nitrogen and oxygen atoms in total. The zero-order valence-electron chi connectivity index (χ0n) is 13.0. The second-order valence-corrected chi connectivity index (χ2v) is 7.31. The number of rotatable bonds is 8. The van der Waals surface area contributed by atoms with Crippen LogP contribution in [0.25, 0.3) is 0 Å². The fourth-order valence-electron chi connectivity index (χ4n) is 2.51. The summed E-state index contributed by atoms with van der Waals surface area (Å²) in [5.41, 5.74) is 5.92. The number of aromatic nitrogens is 1. The third-order valence-corrected chi connectivity index (χ3v) is 5.69. The lowest BCUT2D eigenvalue weighted by Crippen LogP contribution is -2.36. The lowest BCUT2D eigenvalue weighted by Gasteiger charge is -2.20. The molecule has 1 aliphatic heterocycles. The first kappa shape index (κ1) is 20.0. The molecule has 1 unspecified atom stereocenters. The molecular weight excluding hydrogens is 429 g/mol. The van der Waals surface area contributed by atoms with E-state index in [1.54, 1.807) is 23.1 Å². The highest BCUT2D eigenvalue weighted by atomic mass is 127. The van der Waals surface area contributed by atoms with Crippen molar-refractivity contribution >= 4 is 53.0 Å². The summed E-state index contributed by atoms with van der Waals surface area (Å²) < 4.78 is 1.14. The average Bonchev–Trinajstić information content (AvgIpc) is 3.15. The Bertz CT molecular complexity index is 427. The Morgan fingerprint density at radius 1 is 1.64 bits per heavy atom. The van der Waals surface area contributed by atoms with E-state index in [4.69, 9.17) is 5.73 Å². The summed E-state index contributed by atoms with van der Waals surface area (Å²) in [7, 11) is 0. The lowest BCUT2D eigenvalue weighted by molar-refractivity contribution is 0.273. The van der Waals surface area contributed by atoms with E-state index in [1.165, 1.54) is 19.4 Å². The second kappa shape index (κ2) is 11.5. The predicted octanol–water partition coefficient (Wildman–Crippen LogP) is 2.63. The standard InChI is InChI=1S/C14H25N5S2.HI/c1-2-19-8-3-5-12(19)11-18-13(15)16-6-4-9-20-14-17-7-10-21-14;/h7,10,12H,2-6,8-9,11H2,1H3,(H3,15,16,18);1H. The van der Waals surface area contributed by atoms with Gasteiger partial charge in [0.05, 0.1) is 6.54 Å². The third kappa shape index (κ3) is 7.01. The van der Waals surface area contributed by atoms with Crippen LogP contribution >= 0.6 is 47.1 Å². The minimum atomic E-state index is 0. The van der Waals surface area contributed by atoms with E-state index in [9.17, 15) is 0 Å². The molecule has 126 valence electrons. The van der Waals surface area contributed by atoms with Gasteiger partial charge in [-0.05, 0) is 32.4 Å². The van der Waals surface area contributed by atoms with Crippen LogP contribution in [0.15, 0.2) is 20.9 Å². The van der Waals surface area contributed by atoms with Crippen LogP contribution in [0.3, 0.4) is 0 Å². The first-order chi connectivity index (χ1) is 10.3. The van der Waals surface area contributed by atoms with E-state index in [0.29, 0.717) is 12.0 Å². The molecule has 0 aliphatic carbocycles. The molecule has 3 N–H and O–H groups in total. The Hall–Kier alpha value is -0.0600. The van der Waals surface area contributed by atoms with Gasteiger partial charge in [0.15, 0.2) is 5.96 Å². The maximum atomic E-state index is 5.92. The van der Waals surface area contributed by atoms with Crippen LogP contribution in [-0.2, 0) is 0 Å². The number of hydrogen-bond acceptors (Lipinski definition) is 5. The summed E-state index contributed by atoms with van der Waals surface area (Å²) in [4.78, 5) is 11.2. The first-order valence-electron chi connectivity index (χ1n) is 7.59. The Kier molecular flexibility index (Phi) is 10.4. The van der Waals surface area contributed by atoms with Gasteiger partial charge in [-0.3, -0.25) is 9.89 Å². The quantitative estimate of drug-likeness (QED) is 0.208. The van der Waals surface area contributed by atoms with Crippen LogP contribution in [0.1, 0.15) is 26.2 Å². The van der Waals surface area contributed by atoms with Gasteiger partial charge in [0.1, 0.15) is 4.34 Å². The van der Waals surface area contributed by atoms with Gasteiger partial charge in [-0.2, -0.15) is 0 Å². The van der Waals surface area contributed by atoms with Crippen molar-refractivity contribution < 1.29 is 0 Å². The number of nitrogens with zero attached hydrogens (tertiary/aromatic N) is 3. The minimum absolute atomic E-state index is 0. The summed E-state index contributed by atoms with van der Waals surface area (Å²) >= 11 is 3.49. The zero-order valence-corrected chi connectivity index (χ0v) is 17.0. The Balaban J connectivity index is 0.00000242. The van der Waals surface area contributed by atoms with Crippen LogP contribution in [0.5, 0.6) is 0 Å². The van der Waals surface area contributed by atoms with Crippen LogP contribution in [-0.4, -0.2) is 53.8 Å². The molecule has 1 fully saturated rings. The second-order valence-electron chi connectivity index (χ2n) is 5.08. The third-order valence-electron chi connectivity index (χ3n) is 3.64. The molecule has 0 saturated carbocycles. The molecule has 8 heteroatoms. The molecule has 2 heterocycles. The number of nitrogens with one attached hydrogen (secondary N) is 1. The molecular formula is C14H26IN5S2. The van der Waals surface area contributed by atoms with E-state index in [0.717, 1.165) is 36.1 Å². The number of thioether (sulfide) groups is 1. The van der Waals surface area contributed by atoms with Gasteiger partial charge in [0.25, 0.3) is 0 Å². The van der Waals surface area contributed by atoms with Crippen LogP contribution in [0.2, 0.25) is 0 Å². The van der Waals surface area contributed by atoms with Crippen molar-refractivity contribution in [3.63, 3.8) is 0 Å². The molecule has 0 aromatic carbocycles. The van der Waals surface area contributed by atoms with Crippen molar-refractivity contribution in [1.82, 2.24) is 15.2 Å². The molecule has 0 radical (unpaired) electrons. The maximum Gasteiger partial charge on any atom is 0.188 e. The van der Waals surface area contributed by atoms with Crippen molar-refractivity contribution in [3.05, 3.63) is 11.6 Å². The van der Waals surface area contributed by atoms with Gasteiger partial charge >= 0.3 is 0 Å². The van der Waals surface area contributed by atoms with Crippen LogP contribution in [0, 0.1) is 0 Å². The average molecular weight is 455 g/mol. The molecule has 2 rings (SSSR count). The molecule has 1 atom stereocenters. The van der Waals surface area contributed by atoms with Gasteiger partial charge < -0.3 is 11.1 Å². The Labute approximate surface area is 158 Å². The highest BCUT2D eigenvalue weighted by Crippen LogP contribution is 2.20. The van der Waals surface area contributed by atoms with Gasteiger partial charge in [-0.25, -0.2) is 4.98 Å². The molecule has 1 aromatic rings. The summed E-state index contributed by atoms with van der Waals surface area (Å²) in [6, 6.07) is 0.579. The first-order valence-corrected chi connectivity index (χ1v) is 9.46. The van der Waals surface area contributed by atoms with E-state index >= 15 is 0 Å². The SMILES string of the molecule is CCN1CCCC1CN=C(N)NCCCSc1nccs1.I. The smallest absolute Gasteiger partial charge is 0.188 e. The van der Waals surface area contributed by atoms with Gasteiger partial charge in [-0.1, -0.05) is 18.7 Å². The Morgan fingerprint density at radius 3 is 3.23 bits per heavy atom. The molecule has 0 amide bonds. The Morgan fingerprint density at radius 2 is 2.50 bits per heavy atom. The van der Waals surface area contributed by atoms with E-state index < -0.39 is 0 Å². The van der Waals surface area contributed by atoms with Crippen LogP contribution in [0.4, 0.5) is 0 Å². The molecule has 1 aliphatic rings. The van der Waals surface area contributed by atoms with E-state index in [2.05, 4.69) is 27.1 Å². The van der Waals surface area contributed by atoms with Crippen molar-refractivity contribution in [2.24, 2.45) is 10.7 Å². The van der Waals surface area contributed by atoms with Gasteiger partial charge in [0, 0.05) is 29.9 Å². The number of thiazole rings is 1. The number of likely N-dealkylation sites (tertiary alicyclic amines) is 1. The normalized spacial score (nSPS) is 19.1. The van der Waals surface area contributed by atoms with Gasteiger partial charge in [-0.15, -0.1) is 35.3 Å². The topological polar surface area (TPSA) is 66.5 Å². The van der Waals surface area contributed by atoms with Crippen molar-refractivity contribution in [3.8, 4) is 0 Å². The molecule has 1 aromatic heterocycles. The fourth-order valence-corrected chi connectivity index (χ4v) is 4.15. The van der Waals surface area contributed by atoms with Crippen molar-refractivity contribution in [1.29, 1.82) is 0 Å². The highest BCUT2D eigenvalue weighted by Gasteiger charge is 2.22. The summed E-state index contributed by atoms with van der Waals surface area (Å²) in [5.74, 6) is 1.64. The molecule has 0 spiro atoms. The summed E-state index contributed by atoms with van der Waals surface area (Å²) in [5, 5.41) is 5.21. The lowest BCUT2D eigenvalue weighted by atomic mass is 10.2. The molecule has 1 saturated heterocycles. The number of guanidine groups is 1. The fraction of sp³-hybridized carbons (Fsp3) is 0.714. The monoisotopic (exact) mass is 455 g/mol. The van der Waals surface area contributed by atoms with Crippen molar-refractivity contribution in [2.75, 3.05) is 31.9 Å². The number of likely N-dealkylation sites (N-methyl/N-ethyl adjacent to an activating group) is 1. The minimum Gasteiger partial charge on any atom is -0.370 e. The van der Waals surface area contributed by atoms with Crippen LogP contribution < -0.4 is 11.1 Å². The van der Waals surface area contributed by atoms with Gasteiger partial charge in [0.2, 0.25) is 0 Å². The molecule has 0 bridgehead atoms. The molecule has 22 heavy (non-hydrogen) atoms. The largest absolute Gasteiger partial charge is 0.370 e. The van der Waals surface area contributed by atoms with E-state index in [1.807, 2.05) is 11.6 Å². The zero-order chi connectivity index (χ0) is 14.9. The van der Waals surface area contributed by atoms with Crippen molar-refractivity contribution in [2.45, 2.75) is 36.6 Å². The predicted molar refractivity (Wildman–Crippen MR) is 108 cm³/mol. The number of hydrogen-bond donors (Lipinski definition) is 2. The number of nitrogens with two attached hydrogens (primary N) is 1. The number of aliphatic imine (C=N–C) groups is 1. The van der Waals surface area contributed by atoms with E-state index in [-0.39, 0.29) is 24.0 Å². The number of halogens is 1. The summed E-state index contributed by atoms with van der Waals surface area (Å²) in [6.07, 6.45) is 5.44. The highest BCUT2D eigenvalue weighted by molar-refractivity contribution is 14.0. The summed E-state index contributed by atoms with van der Waals surface area (Å²) in [6.45, 7) is 6.22. The maximum absolute atomic E-state index is 5.92.